The van der Waals surface area contributed by atoms with E-state index in [2.05, 4.69) is 0 Å². The Hall–Kier alpha value is -1.78. The van der Waals surface area contributed by atoms with Gasteiger partial charge in [0, 0.05) is 6.04 Å². The van der Waals surface area contributed by atoms with E-state index in [9.17, 15) is 14.7 Å². The molecule has 2 atom stereocenters. The average molecular weight is 291 g/mol. The highest BCUT2D eigenvalue weighted by Gasteiger charge is 2.43. The van der Waals surface area contributed by atoms with Crippen molar-refractivity contribution in [3.8, 4) is 0 Å². The summed E-state index contributed by atoms with van der Waals surface area (Å²) in [4.78, 5) is 25.9. The van der Waals surface area contributed by atoms with Gasteiger partial charge in [0.15, 0.2) is 0 Å². The fourth-order valence-corrected chi connectivity index (χ4v) is 3.28. The molecule has 3 rings (SSSR count). The molecule has 1 amide bonds. The van der Waals surface area contributed by atoms with E-state index in [1.54, 1.807) is 0 Å². The topological polar surface area (TPSA) is 70.8 Å². The lowest BCUT2D eigenvalue weighted by atomic mass is 9.94. The minimum atomic E-state index is -0.838. The fourth-order valence-electron chi connectivity index (χ4n) is 3.28. The van der Waals surface area contributed by atoms with E-state index >= 15 is 0 Å². The van der Waals surface area contributed by atoms with E-state index < -0.39 is 11.9 Å². The molecule has 114 valence electrons. The Morgan fingerprint density at radius 1 is 1.24 bits per heavy atom. The first-order valence-corrected chi connectivity index (χ1v) is 7.65. The van der Waals surface area contributed by atoms with Gasteiger partial charge in [-0.2, -0.15) is 0 Å². The fraction of sp³-hybridized carbons (Fsp3) is 0.625. The molecular formula is C16H21NO4. The number of amides is 1. The van der Waals surface area contributed by atoms with Crippen molar-refractivity contribution >= 4 is 11.9 Å². The zero-order valence-electron chi connectivity index (χ0n) is 12.2. The Bertz CT molecular complexity index is 546. The first kappa shape index (κ1) is 14.2. The van der Waals surface area contributed by atoms with Gasteiger partial charge in [-0.25, -0.2) is 0 Å². The Labute approximate surface area is 123 Å². The number of nitrogens with zero attached hydrogens (tertiary/aromatic N) is 1. The van der Waals surface area contributed by atoms with Crippen LogP contribution >= 0.6 is 0 Å². The van der Waals surface area contributed by atoms with Gasteiger partial charge >= 0.3 is 5.97 Å². The molecule has 5 heteroatoms. The Morgan fingerprint density at radius 2 is 1.95 bits per heavy atom. The van der Waals surface area contributed by atoms with Crippen molar-refractivity contribution in [2.24, 2.45) is 11.8 Å². The second-order valence-corrected chi connectivity index (χ2v) is 6.19. The lowest BCUT2D eigenvalue weighted by Crippen LogP contribution is -2.40. The van der Waals surface area contributed by atoms with Gasteiger partial charge in [-0.05, 0) is 44.7 Å². The highest BCUT2D eigenvalue weighted by Crippen LogP contribution is 2.37. The normalized spacial score (nSPS) is 25.0. The molecule has 1 N–H and O–H groups in total. The Balaban J connectivity index is 1.74. The van der Waals surface area contributed by atoms with Gasteiger partial charge in [-0.15, -0.1) is 0 Å². The average Bonchev–Trinajstić information content (AvgIpc) is 3.00. The molecule has 1 aromatic heterocycles. The molecule has 0 spiro atoms. The second kappa shape index (κ2) is 5.54. The van der Waals surface area contributed by atoms with Crippen LogP contribution < -0.4 is 0 Å². The molecule has 1 heterocycles. The van der Waals surface area contributed by atoms with Crippen LogP contribution in [0.1, 0.15) is 43.6 Å². The number of carbonyl (C=O) groups is 2. The van der Waals surface area contributed by atoms with Crippen LogP contribution in [0.25, 0.3) is 0 Å². The predicted octanol–water partition coefficient (Wildman–Crippen LogP) is 2.58. The number of carboxylic acids is 1. The van der Waals surface area contributed by atoms with Crippen molar-refractivity contribution < 1.29 is 19.1 Å². The van der Waals surface area contributed by atoms with Crippen LogP contribution in [0.3, 0.4) is 0 Å². The summed E-state index contributed by atoms with van der Waals surface area (Å²) in [6.45, 7) is 2.34. The van der Waals surface area contributed by atoms with E-state index in [1.165, 1.54) is 0 Å². The van der Waals surface area contributed by atoms with E-state index in [1.807, 2.05) is 24.0 Å². The third kappa shape index (κ3) is 2.96. The number of hydrogen-bond acceptors (Lipinski definition) is 3. The molecular weight excluding hydrogens is 270 g/mol. The molecule has 1 aromatic rings. The van der Waals surface area contributed by atoms with Gasteiger partial charge in [-0.1, -0.05) is 6.42 Å². The zero-order valence-corrected chi connectivity index (χ0v) is 12.2. The van der Waals surface area contributed by atoms with Crippen molar-refractivity contribution in [1.29, 1.82) is 0 Å². The summed E-state index contributed by atoms with van der Waals surface area (Å²) in [5.74, 6) is -0.113. The minimum absolute atomic E-state index is 0.00328. The lowest BCUT2D eigenvalue weighted by Gasteiger charge is -2.26. The SMILES string of the molecule is Cc1ccc(CN(C(=O)[C@@H]2CCC[C@@H]2C(=O)O)C2CC2)o1. The number of carboxylic acid groups (broad SMARTS) is 1. The van der Waals surface area contributed by atoms with E-state index in [0.717, 1.165) is 30.8 Å². The summed E-state index contributed by atoms with van der Waals surface area (Å²) in [6.07, 6.45) is 4.15. The standard InChI is InChI=1S/C16H21NO4/c1-10-5-8-12(21-10)9-17(11-6-7-11)15(18)13-3-2-4-14(13)16(19)20/h5,8,11,13-14H,2-4,6-7,9H2,1H3,(H,19,20)/t13-,14+/m1/s1. The molecule has 0 saturated heterocycles. The zero-order chi connectivity index (χ0) is 15.0. The number of carbonyl (C=O) groups excluding carboxylic acids is 1. The van der Waals surface area contributed by atoms with Crippen LogP contribution in [-0.2, 0) is 16.1 Å². The van der Waals surface area contributed by atoms with Gasteiger partial charge in [0.05, 0.1) is 18.4 Å². The summed E-state index contributed by atoms with van der Waals surface area (Å²) in [5, 5.41) is 9.27. The Morgan fingerprint density at radius 3 is 2.52 bits per heavy atom. The van der Waals surface area contributed by atoms with E-state index in [-0.39, 0.29) is 17.9 Å². The smallest absolute Gasteiger partial charge is 0.307 e. The highest BCUT2D eigenvalue weighted by atomic mass is 16.4. The van der Waals surface area contributed by atoms with Crippen LogP contribution in [0, 0.1) is 18.8 Å². The molecule has 0 bridgehead atoms. The quantitative estimate of drug-likeness (QED) is 0.905. The minimum Gasteiger partial charge on any atom is -0.481 e. The van der Waals surface area contributed by atoms with Gasteiger partial charge in [0.25, 0.3) is 0 Å². The molecule has 21 heavy (non-hydrogen) atoms. The largest absolute Gasteiger partial charge is 0.481 e. The number of hydrogen-bond donors (Lipinski definition) is 1. The molecule has 0 aliphatic heterocycles. The summed E-state index contributed by atoms with van der Waals surface area (Å²) >= 11 is 0. The molecule has 0 unspecified atom stereocenters. The molecule has 2 saturated carbocycles. The number of aryl methyl sites for hydroxylation is 1. The number of aliphatic carboxylic acids is 1. The van der Waals surface area contributed by atoms with Crippen LogP contribution in [0.5, 0.6) is 0 Å². The number of rotatable bonds is 5. The summed E-state index contributed by atoms with van der Waals surface area (Å²) in [5.41, 5.74) is 0. The monoisotopic (exact) mass is 291 g/mol. The second-order valence-electron chi connectivity index (χ2n) is 6.19. The van der Waals surface area contributed by atoms with E-state index in [0.29, 0.717) is 19.4 Å². The summed E-state index contributed by atoms with van der Waals surface area (Å²) < 4.78 is 5.57. The van der Waals surface area contributed by atoms with Crippen LogP contribution in [0.15, 0.2) is 16.5 Å². The molecule has 2 fully saturated rings. The Kier molecular flexibility index (Phi) is 3.74. The van der Waals surface area contributed by atoms with Crippen LogP contribution in [-0.4, -0.2) is 27.9 Å². The van der Waals surface area contributed by atoms with Crippen LogP contribution in [0.2, 0.25) is 0 Å². The molecule has 2 aliphatic rings. The van der Waals surface area contributed by atoms with Gasteiger partial charge in [-0.3, -0.25) is 9.59 Å². The van der Waals surface area contributed by atoms with Gasteiger partial charge in [0.2, 0.25) is 5.91 Å². The molecule has 0 radical (unpaired) electrons. The molecule has 2 aliphatic carbocycles. The third-order valence-electron chi connectivity index (χ3n) is 4.54. The summed E-state index contributed by atoms with van der Waals surface area (Å²) in [6, 6.07) is 4.04. The lowest BCUT2D eigenvalue weighted by molar-refractivity contribution is -0.149. The van der Waals surface area contributed by atoms with Gasteiger partial charge in [0.1, 0.15) is 11.5 Å². The third-order valence-corrected chi connectivity index (χ3v) is 4.54. The number of furan rings is 1. The first-order chi connectivity index (χ1) is 10.1. The maximum Gasteiger partial charge on any atom is 0.307 e. The highest BCUT2D eigenvalue weighted by molar-refractivity contribution is 5.85. The maximum atomic E-state index is 12.8. The van der Waals surface area contributed by atoms with E-state index in [4.69, 9.17) is 4.42 Å². The maximum absolute atomic E-state index is 12.8. The van der Waals surface area contributed by atoms with Crippen molar-refractivity contribution in [1.82, 2.24) is 4.90 Å². The summed E-state index contributed by atoms with van der Waals surface area (Å²) in [7, 11) is 0. The predicted molar refractivity (Wildman–Crippen MR) is 75.5 cm³/mol. The molecule has 5 nitrogen and oxygen atoms in total. The first-order valence-electron chi connectivity index (χ1n) is 7.65. The van der Waals surface area contributed by atoms with Crippen molar-refractivity contribution in [3.63, 3.8) is 0 Å². The van der Waals surface area contributed by atoms with Crippen molar-refractivity contribution in [2.75, 3.05) is 0 Å². The van der Waals surface area contributed by atoms with Crippen molar-refractivity contribution in [3.05, 3.63) is 23.7 Å². The van der Waals surface area contributed by atoms with Crippen molar-refractivity contribution in [2.45, 2.75) is 51.6 Å². The van der Waals surface area contributed by atoms with Gasteiger partial charge < -0.3 is 14.4 Å². The van der Waals surface area contributed by atoms with Crippen LogP contribution in [0.4, 0.5) is 0 Å². The molecule has 0 aromatic carbocycles.